The summed E-state index contributed by atoms with van der Waals surface area (Å²) < 4.78 is 5.47. The topological polar surface area (TPSA) is 55.6 Å². The predicted molar refractivity (Wildman–Crippen MR) is 138 cm³/mol. The number of allylic oxidation sites excluding steroid dienone is 1. The van der Waals surface area contributed by atoms with Gasteiger partial charge in [-0.25, -0.2) is 0 Å². The van der Waals surface area contributed by atoms with Crippen LogP contribution in [0.2, 0.25) is 0 Å². The molecule has 0 saturated carbocycles. The quantitative estimate of drug-likeness (QED) is 0.553. The van der Waals surface area contributed by atoms with Crippen LogP contribution < -0.4 is 10.5 Å². The summed E-state index contributed by atoms with van der Waals surface area (Å²) in [5.74, 6) is 0.687. The molecule has 3 aromatic carbocycles. The molecule has 0 unspecified atom stereocenters. The second-order valence-corrected chi connectivity index (χ2v) is 9.16. The van der Waals surface area contributed by atoms with E-state index in [0.29, 0.717) is 0 Å². The lowest BCUT2D eigenvalue weighted by molar-refractivity contribution is -0.121. The Balaban J connectivity index is 0.000000161. The van der Waals surface area contributed by atoms with Crippen LogP contribution in [0.25, 0.3) is 0 Å². The molecule has 34 heavy (non-hydrogen) atoms. The fourth-order valence-electron chi connectivity index (χ4n) is 4.65. The summed E-state index contributed by atoms with van der Waals surface area (Å²) in [6.07, 6.45) is 8.79. The number of fused-ring (bicyclic) bond motifs is 1. The zero-order valence-corrected chi connectivity index (χ0v) is 20.0. The van der Waals surface area contributed by atoms with E-state index in [1.165, 1.54) is 43.6 Å². The highest BCUT2D eigenvalue weighted by Gasteiger charge is 2.34. The number of hydrogen-bond donors (Lipinski definition) is 1. The van der Waals surface area contributed by atoms with Crippen molar-refractivity contribution >= 4 is 5.91 Å². The van der Waals surface area contributed by atoms with Crippen molar-refractivity contribution in [3.05, 3.63) is 113 Å². The van der Waals surface area contributed by atoms with E-state index in [9.17, 15) is 4.79 Å². The Bertz CT molecular complexity index is 1060. The first-order valence-corrected chi connectivity index (χ1v) is 12.1. The summed E-state index contributed by atoms with van der Waals surface area (Å²) in [5, 5.41) is 0. The van der Waals surface area contributed by atoms with E-state index >= 15 is 0 Å². The molecular weight excluding hydrogens is 420 g/mol. The van der Waals surface area contributed by atoms with Crippen LogP contribution in [0.1, 0.15) is 42.0 Å². The molecule has 0 aliphatic carbocycles. The minimum atomic E-state index is -0.775. The first-order chi connectivity index (χ1) is 16.6. The molecule has 0 atom stereocenters. The third kappa shape index (κ3) is 5.57. The molecule has 1 fully saturated rings. The minimum Gasteiger partial charge on any atom is -0.465 e. The van der Waals surface area contributed by atoms with Crippen LogP contribution in [0.3, 0.4) is 0 Å². The standard InChI is InChI=1S/C15H19NO.C15H15NO/c1-2-9-16(8-1)10-7-13-5-6-15-14(12-13)4-3-11-17-15;1-15(14(16)17,12-8-4-2-5-9-12)13-10-6-3-7-11-13/h3,5-6,11-12H,1-2,4,7-10H2;2-11H,1H3,(H2,16,17). The van der Waals surface area contributed by atoms with Gasteiger partial charge in [-0.2, -0.15) is 0 Å². The highest BCUT2D eigenvalue weighted by molar-refractivity contribution is 5.90. The van der Waals surface area contributed by atoms with E-state index < -0.39 is 5.41 Å². The van der Waals surface area contributed by atoms with E-state index in [0.717, 1.165) is 29.7 Å². The zero-order valence-electron chi connectivity index (χ0n) is 20.0. The first kappa shape index (κ1) is 23.8. The Labute approximate surface area is 203 Å². The third-order valence-corrected chi connectivity index (χ3v) is 6.86. The number of hydrogen-bond acceptors (Lipinski definition) is 3. The van der Waals surface area contributed by atoms with Crippen LogP contribution >= 0.6 is 0 Å². The SMILES string of the molecule is C1=COc2ccc(CCN3CCCC3)cc2C1.CC(C(N)=O)(c1ccccc1)c1ccccc1. The molecule has 4 nitrogen and oxygen atoms in total. The van der Waals surface area contributed by atoms with E-state index in [1.807, 2.05) is 67.6 Å². The summed E-state index contributed by atoms with van der Waals surface area (Å²) in [4.78, 5) is 14.4. The van der Waals surface area contributed by atoms with Crippen molar-refractivity contribution in [2.24, 2.45) is 5.73 Å². The number of primary amides is 1. The summed E-state index contributed by atoms with van der Waals surface area (Å²) in [7, 11) is 0. The first-order valence-electron chi connectivity index (χ1n) is 12.1. The molecule has 0 radical (unpaired) electrons. The maximum Gasteiger partial charge on any atom is 0.232 e. The molecule has 3 aromatic rings. The van der Waals surface area contributed by atoms with Crippen molar-refractivity contribution in [3.8, 4) is 5.75 Å². The number of nitrogens with two attached hydrogens (primary N) is 1. The molecule has 2 aliphatic heterocycles. The van der Waals surface area contributed by atoms with Gasteiger partial charge in [0.1, 0.15) is 5.75 Å². The lowest BCUT2D eigenvalue weighted by Crippen LogP contribution is -2.39. The van der Waals surface area contributed by atoms with Gasteiger partial charge >= 0.3 is 0 Å². The zero-order chi connectivity index (χ0) is 23.8. The number of carbonyl (C=O) groups is 1. The predicted octanol–water partition coefficient (Wildman–Crippen LogP) is 5.25. The van der Waals surface area contributed by atoms with Gasteiger partial charge in [0.05, 0.1) is 11.7 Å². The molecular formula is C30H34N2O2. The fourth-order valence-corrected chi connectivity index (χ4v) is 4.65. The Morgan fingerprint density at radius 3 is 2.15 bits per heavy atom. The van der Waals surface area contributed by atoms with Gasteiger partial charge in [-0.05, 0) is 80.1 Å². The van der Waals surface area contributed by atoms with Crippen LogP contribution in [-0.2, 0) is 23.1 Å². The number of nitrogens with zero attached hydrogens (tertiary/aromatic N) is 1. The van der Waals surface area contributed by atoms with Crippen molar-refractivity contribution < 1.29 is 9.53 Å². The average Bonchev–Trinajstić information content (AvgIpc) is 3.42. The van der Waals surface area contributed by atoms with Crippen LogP contribution in [0.15, 0.2) is 91.2 Å². The van der Waals surface area contributed by atoms with Gasteiger partial charge in [-0.3, -0.25) is 4.79 Å². The summed E-state index contributed by atoms with van der Waals surface area (Å²) in [5.41, 5.74) is 9.42. The van der Waals surface area contributed by atoms with E-state index in [4.69, 9.17) is 10.5 Å². The molecule has 2 N–H and O–H groups in total. The summed E-state index contributed by atoms with van der Waals surface area (Å²) in [6.45, 7) is 5.64. The third-order valence-electron chi connectivity index (χ3n) is 6.86. The summed E-state index contributed by atoms with van der Waals surface area (Å²) in [6, 6.07) is 25.8. The molecule has 2 heterocycles. The maximum absolute atomic E-state index is 11.8. The second-order valence-electron chi connectivity index (χ2n) is 9.16. The molecule has 5 rings (SSSR count). The number of benzene rings is 3. The van der Waals surface area contributed by atoms with Gasteiger partial charge in [0.15, 0.2) is 0 Å². The molecule has 2 aliphatic rings. The molecule has 0 bridgehead atoms. The highest BCUT2D eigenvalue weighted by atomic mass is 16.5. The van der Waals surface area contributed by atoms with E-state index in [-0.39, 0.29) is 5.91 Å². The number of carbonyl (C=O) groups excluding carboxylic acids is 1. The highest BCUT2D eigenvalue weighted by Crippen LogP contribution is 2.31. The lowest BCUT2D eigenvalue weighted by Gasteiger charge is -2.27. The largest absolute Gasteiger partial charge is 0.465 e. The van der Waals surface area contributed by atoms with Crippen molar-refractivity contribution in [3.63, 3.8) is 0 Å². The van der Waals surface area contributed by atoms with Gasteiger partial charge in [0.25, 0.3) is 0 Å². The van der Waals surface area contributed by atoms with Crippen LogP contribution in [0.5, 0.6) is 5.75 Å². The minimum absolute atomic E-state index is 0.338. The van der Waals surface area contributed by atoms with Crippen LogP contribution in [0, 0.1) is 0 Å². The van der Waals surface area contributed by atoms with Crippen molar-refractivity contribution in [1.82, 2.24) is 4.90 Å². The van der Waals surface area contributed by atoms with E-state index in [1.54, 1.807) is 6.26 Å². The smallest absolute Gasteiger partial charge is 0.232 e. The van der Waals surface area contributed by atoms with Gasteiger partial charge in [0, 0.05) is 6.54 Å². The molecule has 1 amide bonds. The molecule has 4 heteroatoms. The Morgan fingerprint density at radius 2 is 1.56 bits per heavy atom. The van der Waals surface area contributed by atoms with Crippen molar-refractivity contribution in [1.29, 1.82) is 0 Å². The lowest BCUT2D eigenvalue weighted by atomic mass is 9.76. The molecule has 0 spiro atoms. The van der Waals surface area contributed by atoms with Crippen LogP contribution in [0.4, 0.5) is 0 Å². The second kappa shape index (κ2) is 11.2. The average molecular weight is 455 g/mol. The number of likely N-dealkylation sites (tertiary alicyclic amines) is 1. The Hall–Kier alpha value is -3.37. The van der Waals surface area contributed by atoms with Crippen molar-refractivity contribution in [2.75, 3.05) is 19.6 Å². The van der Waals surface area contributed by atoms with Gasteiger partial charge in [0.2, 0.25) is 5.91 Å². The van der Waals surface area contributed by atoms with E-state index in [2.05, 4.69) is 29.2 Å². The molecule has 1 saturated heterocycles. The van der Waals surface area contributed by atoms with Gasteiger partial charge in [-0.1, -0.05) is 72.8 Å². The Kier molecular flexibility index (Phi) is 7.81. The van der Waals surface area contributed by atoms with Crippen molar-refractivity contribution in [2.45, 2.75) is 38.0 Å². The van der Waals surface area contributed by atoms with Crippen LogP contribution in [-0.4, -0.2) is 30.4 Å². The summed E-state index contributed by atoms with van der Waals surface area (Å²) >= 11 is 0. The number of rotatable bonds is 6. The monoisotopic (exact) mass is 454 g/mol. The molecule has 176 valence electrons. The number of ether oxygens (including phenoxy) is 1. The Morgan fingerprint density at radius 1 is 0.941 bits per heavy atom. The normalized spacial score (nSPS) is 15.1. The molecule has 0 aromatic heterocycles. The number of amides is 1. The fraction of sp³-hybridized carbons (Fsp3) is 0.300. The van der Waals surface area contributed by atoms with Gasteiger partial charge < -0.3 is 15.4 Å². The van der Waals surface area contributed by atoms with Gasteiger partial charge in [-0.15, -0.1) is 0 Å². The maximum atomic E-state index is 11.8.